The van der Waals surface area contributed by atoms with Crippen LogP contribution in [0, 0.1) is 13.8 Å². The van der Waals surface area contributed by atoms with Crippen molar-refractivity contribution in [3.8, 4) is 5.75 Å². The molecule has 0 saturated heterocycles. The highest BCUT2D eigenvalue weighted by atomic mass is 32.2. The van der Waals surface area contributed by atoms with Gasteiger partial charge in [-0.25, -0.2) is 4.21 Å². The highest BCUT2D eigenvalue weighted by Crippen LogP contribution is 2.52. The van der Waals surface area contributed by atoms with Crippen molar-refractivity contribution in [3.63, 3.8) is 0 Å². The van der Waals surface area contributed by atoms with Gasteiger partial charge in [-0.3, -0.25) is 4.55 Å². The van der Waals surface area contributed by atoms with E-state index in [0.29, 0.717) is 31.4 Å². The normalized spacial score (nSPS) is 17.3. The number of rotatable bonds is 35. The Morgan fingerprint density at radius 1 is 0.463 bits per heavy atom. The van der Waals surface area contributed by atoms with Gasteiger partial charge in [0.05, 0.1) is 15.7 Å². The number of carbonyl (C=O) groups is 4. The summed E-state index contributed by atoms with van der Waals surface area (Å²) in [5, 5.41) is 4.27. The van der Waals surface area contributed by atoms with Gasteiger partial charge in [-0.15, -0.1) is 0 Å². The van der Waals surface area contributed by atoms with Crippen molar-refractivity contribution in [1.29, 1.82) is 0 Å². The van der Waals surface area contributed by atoms with E-state index in [1.165, 1.54) is 67.9 Å². The molecule has 0 saturated carbocycles. The maximum absolute atomic E-state index is 11.9. The largest absolute Gasteiger partial charge is 0.740 e. The lowest BCUT2D eigenvalue weighted by Crippen LogP contribution is -2.28. The topological polar surface area (TPSA) is 185 Å². The summed E-state index contributed by atoms with van der Waals surface area (Å²) in [7, 11) is -4.33. The standard InChI is InChI=1S/C50H58N2O5S.C42H54N2O5S/c1-35-23-27-41-38(33-35)24-29-43-47(41)49(4,5)45(51(43)31-17-11-13-19-36(2)53)21-15-9-8-10-16-22-46-50(6,7)48-42-28-26-40(58(55,56)57)34-39(42)25-30-44(48)52(46)32-18-12-14-20-37(3)54;1-31-23-25-37-35(29-31)41(4,5)39(43(37)27-17-11-13-19-32(2)45)21-15-9-8-10-16-22-40-42(6,7)36-30-34(49-50(47)48)24-26-38(36)44(40)28-18-12-14-20-33(3)46/h8-10,15-16,21-30,33-34H,11-14,17-20,31-32H2,1-7H3;8-10,15-16,21-26,29-30H,11-14,17-20,27-28H2,1-7H3/p+1. The molecule has 4 aliphatic heterocycles. The van der Waals surface area contributed by atoms with Gasteiger partial charge in [0.2, 0.25) is 11.4 Å². The number of carbonyl (C=O) groups excluding carboxylic acids is 4. The quantitative estimate of drug-likeness (QED) is 0.0131. The molecule has 16 heteroatoms. The fourth-order valence-electron chi connectivity index (χ4n) is 16.2. The van der Waals surface area contributed by atoms with Crippen molar-refractivity contribution >= 4 is 100 Å². The van der Waals surface area contributed by atoms with Crippen LogP contribution < -0.4 is 14.0 Å². The molecule has 108 heavy (non-hydrogen) atoms. The van der Waals surface area contributed by atoms with Crippen molar-refractivity contribution in [2.45, 2.75) is 226 Å². The molecule has 4 heterocycles. The van der Waals surface area contributed by atoms with Crippen LogP contribution in [-0.2, 0) is 62.3 Å². The van der Waals surface area contributed by atoms with Gasteiger partial charge < -0.3 is 37.7 Å². The maximum Gasteiger partial charge on any atom is 0.294 e. The van der Waals surface area contributed by atoms with Crippen LogP contribution in [0.4, 0.5) is 22.7 Å². The van der Waals surface area contributed by atoms with Gasteiger partial charge in [0, 0.05) is 121 Å². The van der Waals surface area contributed by atoms with Gasteiger partial charge >= 0.3 is 0 Å². The number of nitrogens with zero attached hydrogens (tertiary/aromatic N) is 4. The summed E-state index contributed by atoms with van der Waals surface area (Å²) in [4.78, 5) is 50.7. The molecule has 10 rings (SSSR count). The number of hydrogen-bond donors (Lipinski definition) is 1. The summed E-state index contributed by atoms with van der Waals surface area (Å²) in [5.74, 6) is 1.24. The summed E-state index contributed by atoms with van der Waals surface area (Å²) in [6.45, 7) is 32.2. The van der Waals surface area contributed by atoms with Crippen LogP contribution in [0.3, 0.4) is 0 Å². The summed E-state index contributed by atoms with van der Waals surface area (Å²) in [6.07, 6.45) is 43.4. The van der Waals surface area contributed by atoms with Gasteiger partial charge in [-0.1, -0.05) is 155 Å². The average Bonchev–Trinajstić information content (AvgIpc) is 1.59. The number of aryl methyl sites for hydroxylation is 2. The maximum atomic E-state index is 11.9. The minimum atomic E-state index is -4.33. The van der Waals surface area contributed by atoms with Crippen molar-refractivity contribution in [1.82, 2.24) is 0 Å². The van der Waals surface area contributed by atoms with E-state index in [4.69, 9.17) is 4.18 Å². The molecule has 0 radical (unpaired) electrons. The van der Waals surface area contributed by atoms with Crippen LogP contribution in [0.15, 0.2) is 198 Å². The zero-order chi connectivity index (χ0) is 78.3. The first kappa shape index (κ1) is 83.2. The summed E-state index contributed by atoms with van der Waals surface area (Å²) >= 11 is -2.64. The smallest absolute Gasteiger partial charge is 0.294 e. The lowest BCUT2D eigenvalue weighted by Gasteiger charge is -2.27. The van der Waals surface area contributed by atoms with Crippen LogP contribution in [0.25, 0.3) is 21.5 Å². The first-order valence-corrected chi connectivity index (χ1v) is 41.1. The third-order valence-corrected chi connectivity index (χ3v) is 22.9. The molecule has 572 valence electrons. The lowest BCUT2D eigenvalue weighted by molar-refractivity contribution is -0.438. The Labute approximate surface area is 645 Å². The fraction of sp³-hybridized carbons (Fsp3) is 0.413. The highest BCUT2D eigenvalue weighted by molar-refractivity contribution is 7.85. The van der Waals surface area contributed by atoms with E-state index in [2.05, 4.69) is 216 Å². The monoisotopic (exact) mass is 1500 g/mol. The van der Waals surface area contributed by atoms with Gasteiger partial charge in [0.25, 0.3) is 10.1 Å². The molecule has 0 aromatic heterocycles. The average molecular weight is 1500 g/mol. The number of ketones is 4. The zero-order valence-electron chi connectivity index (χ0n) is 66.2. The molecule has 0 fully saturated rings. The number of unbranched alkanes of at least 4 members (excludes halogenated alkanes) is 8. The van der Waals surface area contributed by atoms with Crippen molar-refractivity contribution < 1.29 is 54.2 Å². The Morgan fingerprint density at radius 2 is 0.907 bits per heavy atom. The highest BCUT2D eigenvalue weighted by Gasteiger charge is 2.47. The predicted octanol–water partition coefficient (Wildman–Crippen LogP) is 20.8. The molecular weight excluding hydrogens is 1390 g/mol. The molecule has 6 aromatic carbocycles. The molecule has 14 nitrogen and oxygen atoms in total. The van der Waals surface area contributed by atoms with Crippen LogP contribution in [-0.4, -0.2) is 91.6 Å². The van der Waals surface area contributed by atoms with Crippen LogP contribution in [0.2, 0.25) is 0 Å². The first-order chi connectivity index (χ1) is 51.2. The molecule has 4 aliphatic rings. The Balaban J connectivity index is 0.000000252. The zero-order valence-corrected chi connectivity index (χ0v) is 67.8. The number of fused-ring (bicyclic) bond motifs is 8. The summed E-state index contributed by atoms with van der Waals surface area (Å²) in [6, 6.07) is 32.2. The van der Waals surface area contributed by atoms with E-state index < -0.39 is 21.5 Å². The molecule has 1 N–H and O–H groups in total. The Hall–Kier alpha value is -8.80. The van der Waals surface area contributed by atoms with Gasteiger partial charge in [-0.2, -0.15) is 17.6 Å². The summed E-state index contributed by atoms with van der Waals surface area (Å²) < 4.78 is 65.8. The number of Topliss-reactive ketones (excluding diaryl/α,β-unsaturated/α-hetero) is 4. The molecule has 0 aliphatic carbocycles. The fourth-order valence-corrected chi connectivity index (χ4v) is 17.0. The number of hydrogen-bond acceptors (Lipinski definition) is 11. The molecule has 1 atom stereocenters. The van der Waals surface area contributed by atoms with Crippen LogP contribution in [0.5, 0.6) is 5.75 Å². The van der Waals surface area contributed by atoms with E-state index >= 15 is 0 Å². The number of anilines is 2. The Morgan fingerprint density at radius 3 is 1.46 bits per heavy atom. The second-order valence-corrected chi connectivity index (χ2v) is 33.8. The third kappa shape index (κ3) is 20.2. The second-order valence-electron chi connectivity index (χ2n) is 31.8. The van der Waals surface area contributed by atoms with Crippen LogP contribution >= 0.6 is 0 Å². The van der Waals surface area contributed by atoms with Crippen molar-refractivity contribution in [2.24, 2.45) is 0 Å². The molecule has 0 bridgehead atoms. The Kier molecular flexibility index (Phi) is 28.2. The van der Waals surface area contributed by atoms with Gasteiger partial charge in [0.1, 0.15) is 53.3 Å². The molecule has 6 aromatic rings. The van der Waals surface area contributed by atoms with E-state index in [0.717, 1.165) is 148 Å². The van der Waals surface area contributed by atoms with E-state index in [1.807, 2.05) is 30.4 Å². The predicted molar refractivity (Wildman–Crippen MR) is 444 cm³/mol. The first-order valence-electron chi connectivity index (χ1n) is 38.6. The SMILES string of the molecule is CC(=O)CCCCCN1/C(=C/C=C/C=C/C=C/C2=[N+](CCCCCC(C)=O)c3ccc4cc(C)ccc4c3C2(C)C)C(C)(C)c2c1ccc1cc(S(=O)(=O)O)ccc21.CC(=O)CCCCCN1C(=CC=CC=CC=CC2=[N+](CCCCCC(C)=O)c3ccc(OS(=O)[O-])cc3C2(C)C)C(C)(C)c2cc(C)ccc21. The third-order valence-electron chi connectivity index (χ3n) is 21.7. The molecule has 1 unspecified atom stereocenters. The Bertz CT molecular complexity index is 4850. The number of benzene rings is 6. The minimum absolute atomic E-state index is 0.116. The van der Waals surface area contributed by atoms with Crippen molar-refractivity contribution in [2.75, 3.05) is 36.0 Å². The number of allylic oxidation sites excluding steroid dienone is 16. The molecule has 0 amide bonds. The molecular formula is C92H113N4O10S2+. The summed E-state index contributed by atoms with van der Waals surface area (Å²) in [5.41, 5.74) is 15.7. The van der Waals surface area contributed by atoms with Gasteiger partial charge in [-0.05, 0) is 208 Å². The van der Waals surface area contributed by atoms with E-state index in [-0.39, 0.29) is 49.7 Å². The van der Waals surface area contributed by atoms with Crippen molar-refractivity contribution in [3.05, 3.63) is 227 Å². The van der Waals surface area contributed by atoms with E-state index in [1.54, 1.807) is 39.8 Å². The second kappa shape index (κ2) is 36.6. The molecule has 0 spiro atoms. The van der Waals surface area contributed by atoms with Crippen LogP contribution in [0.1, 0.15) is 219 Å². The van der Waals surface area contributed by atoms with E-state index in [9.17, 15) is 40.9 Å². The minimum Gasteiger partial charge on any atom is -0.740 e. The van der Waals surface area contributed by atoms with Gasteiger partial charge in [0.15, 0.2) is 11.4 Å². The lowest BCUT2D eigenvalue weighted by atomic mass is 9.79.